The summed E-state index contributed by atoms with van der Waals surface area (Å²) in [6.07, 6.45) is 0. The molecule has 6 rings (SSSR count). The molecule has 2 atom stereocenters. The van der Waals surface area contributed by atoms with Gasteiger partial charge in [-0.1, -0.05) is 62.4 Å². The first kappa shape index (κ1) is 24.4. The zero-order chi connectivity index (χ0) is 26.2. The predicted molar refractivity (Wildman–Crippen MR) is 151 cm³/mol. The molecule has 1 fully saturated rings. The number of H-pyrrole nitrogens is 1. The fourth-order valence-corrected chi connectivity index (χ4v) is 5.98. The Labute approximate surface area is 222 Å². The fraction of sp³-hybridized carbons (Fsp3) is 0.323. The SMILES string of the molecule is CC(C)CN1CCN(C(=O)c2cccc(C3c4n[nH]c(=O)c5cccc(c45)NC3c3ccccc3)c2)CC1. The van der Waals surface area contributed by atoms with Crippen LogP contribution >= 0.6 is 0 Å². The quantitative estimate of drug-likeness (QED) is 0.412. The summed E-state index contributed by atoms with van der Waals surface area (Å²) in [6.45, 7) is 8.82. The van der Waals surface area contributed by atoms with Crippen molar-refractivity contribution in [3.05, 3.63) is 106 Å². The molecule has 38 heavy (non-hydrogen) atoms. The number of aromatic nitrogens is 2. The van der Waals surface area contributed by atoms with Gasteiger partial charge in [0.15, 0.2) is 0 Å². The zero-order valence-electron chi connectivity index (χ0n) is 21.9. The first-order valence-electron chi connectivity index (χ1n) is 13.4. The second-order valence-electron chi connectivity index (χ2n) is 10.8. The lowest BCUT2D eigenvalue weighted by molar-refractivity contribution is 0.0623. The summed E-state index contributed by atoms with van der Waals surface area (Å²) in [6, 6.07) is 23.8. The summed E-state index contributed by atoms with van der Waals surface area (Å²) in [5, 5.41) is 12.5. The van der Waals surface area contributed by atoms with Crippen molar-refractivity contribution in [2.24, 2.45) is 5.92 Å². The first-order valence-corrected chi connectivity index (χ1v) is 13.4. The minimum atomic E-state index is -0.204. The normalized spacial score (nSPS) is 19.5. The van der Waals surface area contributed by atoms with Gasteiger partial charge in [-0.25, -0.2) is 5.10 Å². The molecular formula is C31H33N5O2. The van der Waals surface area contributed by atoms with E-state index in [1.807, 2.05) is 59.5 Å². The summed E-state index contributed by atoms with van der Waals surface area (Å²) in [4.78, 5) is 30.6. The number of carbonyl (C=O) groups is 1. The van der Waals surface area contributed by atoms with E-state index in [-0.39, 0.29) is 23.4 Å². The molecular weight excluding hydrogens is 474 g/mol. The van der Waals surface area contributed by atoms with Gasteiger partial charge in [-0.2, -0.15) is 5.10 Å². The molecule has 1 saturated heterocycles. The van der Waals surface area contributed by atoms with Gasteiger partial charge in [0.25, 0.3) is 11.5 Å². The Morgan fingerprint density at radius 3 is 2.45 bits per heavy atom. The molecule has 2 aliphatic heterocycles. The largest absolute Gasteiger partial charge is 0.377 e. The van der Waals surface area contributed by atoms with Crippen LogP contribution in [-0.2, 0) is 0 Å². The number of benzene rings is 3. The molecule has 0 radical (unpaired) electrons. The third-order valence-corrected chi connectivity index (χ3v) is 7.72. The van der Waals surface area contributed by atoms with Crippen LogP contribution in [0.1, 0.15) is 53.0 Å². The Kier molecular flexibility index (Phi) is 6.45. The smallest absolute Gasteiger partial charge is 0.272 e. The highest BCUT2D eigenvalue weighted by atomic mass is 16.2. The van der Waals surface area contributed by atoms with Gasteiger partial charge in [0.2, 0.25) is 0 Å². The predicted octanol–water partition coefficient (Wildman–Crippen LogP) is 4.64. The third kappa shape index (κ3) is 4.47. The van der Waals surface area contributed by atoms with Crippen molar-refractivity contribution in [3.8, 4) is 0 Å². The Balaban J connectivity index is 1.38. The zero-order valence-corrected chi connectivity index (χ0v) is 21.9. The van der Waals surface area contributed by atoms with E-state index < -0.39 is 0 Å². The van der Waals surface area contributed by atoms with Crippen molar-refractivity contribution >= 4 is 22.4 Å². The van der Waals surface area contributed by atoms with Gasteiger partial charge >= 0.3 is 0 Å². The second-order valence-corrected chi connectivity index (χ2v) is 10.8. The second kappa shape index (κ2) is 10.1. The molecule has 2 N–H and O–H groups in total. The molecule has 0 bridgehead atoms. The van der Waals surface area contributed by atoms with E-state index in [2.05, 4.69) is 52.5 Å². The molecule has 0 saturated carbocycles. The summed E-state index contributed by atoms with van der Waals surface area (Å²) < 4.78 is 0. The Hall–Kier alpha value is -3.97. The molecule has 0 spiro atoms. The number of piperazine rings is 1. The van der Waals surface area contributed by atoms with Crippen molar-refractivity contribution in [2.45, 2.75) is 25.8 Å². The van der Waals surface area contributed by atoms with Crippen LogP contribution in [0.15, 0.2) is 77.6 Å². The van der Waals surface area contributed by atoms with Gasteiger partial charge in [0.1, 0.15) is 0 Å². The van der Waals surface area contributed by atoms with Crippen molar-refractivity contribution in [2.75, 3.05) is 38.0 Å². The monoisotopic (exact) mass is 507 g/mol. The molecule has 1 amide bonds. The fourth-order valence-electron chi connectivity index (χ4n) is 5.98. The number of carbonyl (C=O) groups excluding carboxylic acids is 1. The average molecular weight is 508 g/mol. The van der Waals surface area contributed by atoms with Gasteiger partial charge in [-0.15, -0.1) is 0 Å². The first-order chi connectivity index (χ1) is 18.5. The Morgan fingerprint density at radius 1 is 0.947 bits per heavy atom. The van der Waals surface area contributed by atoms with E-state index in [1.54, 1.807) is 0 Å². The maximum Gasteiger partial charge on any atom is 0.272 e. The summed E-state index contributed by atoms with van der Waals surface area (Å²) in [7, 11) is 0. The maximum atomic E-state index is 13.6. The minimum absolute atomic E-state index is 0.0658. The van der Waals surface area contributed by atoms with Gasteiger partial charge in [-0.05, 0) is 41.3 Å². The van der Waals surface area contributed by atoms with Gasteiger partial charge < -0.3 is 10.2 Å². The number of amides is 1. The highest BCUT2D eigenvalue weighted by molar-refractivity contribution is 5.98. The lowest BCUT2D eigenvalue weighted by atomic mass is 9.79. The highest BCUT2D eigenvalue weighted by Crippen LogP contribution is 2.46. The third-order valence-electron chi connectivity index (χ3n) is 7.72. The van der Waals surface area contributed by atoms with Crippen molar-refractivity contribution in [1.82, 2.24) is 20.0 Å². The Morgan fingerprint density at radius 2 is 1.68 bits per heavy atom. The summed E-state index contributed by atoms with van der Waals surface area (Å²) in [5.74, 6) is 0.493. The van der Waals surface area contributed by atoms with Gasteiger partial charge in [0, 0.05) is 49.4 Å². The highest BCUT2D eigenvalue weighted by Gasteiger charge is 2.35. The van der Waals surface area contributed by atoms with E-state index >= 15 is 0 Å². The molecule has 3 aromatic carbocycles. The standard InChI is InChI=1S/C31H33N5O2/c1-20(2)19-35-14-16-36(17-15-35)31(38)23-11-6-10-22(18-23)26-28(21-8-4-3-5-9-21)32-25-13-7-12-24-27(25)29(26)33-34-30(24)37/h3-13,18,20,26,28,32H,14-17,19H2,1-2H3,(H,34,37). The molecule has 194 valence electrons. The Bertz CT molecular complexity index is 1520. The van der Waals surface area contributed by atoms with E-state index in [1.165, 1.54) is 0 Å². The molecule has 3 heterocycles. The number of aromatic amines is 1. The van der Waals surface area contributed by atoms with Crippen LogP contribution in [-0.4, -0.2) is 58.6 Å². The number of nitrogens with one attached hydrogen (secondary N) is 2. The number of nitrogens with zero attached hydrogens (tertiary/aromatic N) is 3. The lowest BCUT2D eigenvalue weighted by Crippen LogP contribution is -2.49. The van der Waals surface area contributed by atoms with Crippen molar-refractivity contribution < 1.29 is 4.79 Å². The maximum absolute atomic E-state index is 13.6. The van der Waals surface area contributed by atoms with Crippen molar-refractivity contribution in [1.29, 1.82) is 0 Å². The molecule has 4 aromatic rings. The lowest BCUT2D eigenvalue weighted by Gasteiger charge is -2.36. The van der Waals surface area contributed by atoms with Crippen LogP contribution < -0.4 is 10.9 Å². The summed E-state index contributed by atoms with van der Waals surface area (Å²) in [5.41, 5.74) is 4.30. The topological polar surface area (TPSA) is 81.3 Å². The van der Waals surface area contributed by atoms with Crippen LogP contribution in [0.4, 0.5) is 5.69 Å². The number of hydrogen-bond acceptors (Lipinski definition) is 5. The molecule has 7 heteroatoms. The molecule has 2 unspecified atom stereocenters. The average Bonchev–Trinajstić information content (AvgIpc) is 2.95. The van der Waals surface area contributed by atoms with Crippen LogP contribution in [0.3, 0.4) is 0 Å². The van der Waals surface area contributed by atoms with Crippen LogP contribution in [0.25, 0.3) is 10.8 Å². The van der Waals surface area contributed by atoms with E-state index in [4.69, 9.17) is 0 Å². The van der Waals surface area contributed by atoms with Gasteiger partial charge in [0.05, 0.1) is 23.0 Å². The van der Waals surface area contributed by atoms with E-state index in [9.17, 15) is 9.59 Å². The van der Waals surface area contributed by atoms with Crippen molar-refractivity contribution in [3.63, 3.8) is 0 Å². The van der Waals surface area contributed by atoms with Crippen LogP contribution in [0.5, 0.6) is 0 Å². The number of hydrogen-bond donors (Lipinski definition) is 2. The van der Waals surface area contributed by atoms with E-state index in [0.29, 0.717) is 16.9 Å². The number of rotatable bonds is 5. The number of anilines is 1. The minimum Gasteiger partial charge on any atom is -0.377 e. The molecule has 7 nitrogen and oxygen atoms in total. The summed E-state index contributed by atoms with van der Waals surface area (Å²) >= 11 is 0. The molecule has 0 aliphatic carbocycles. The van der Waals surface area contributed by atoms with Gasteiger partial charge in [-0.3, -0.25) is 14.5 Å². The van der Waals surface area contributed by atoms with Crippen LogP contribution in [0.2, 0.25) is 0 Å². The van der Waals surface area contributed by atoms with E-state index in [0.717, 1.165) is 60.6 Å². The van der Waals surface area contributed by atoms with Crippen LogP contribution in [0, 0.1) is 5.92 Å². The molecule has 1 aromatic heterocycles. The molecule has 2 aliphatic rings.